The first-order chi connectivity index (χ1) is 9.83. The quantitative estimate of drug-likeness (QED) is 0.730. The molecule has 20 heavy (non-hydrogen) atoms. The molecular weight excluding hydrogens is 250 g/mol. The van der Waals surface area contributed by atoms with Gasteiger partial charge in [-0.25, -0.2) is 4.68 Å². The average molecular weight is 263 g/mol. The van der Waals surface area contributed by atoms with Gasteiger partial charge in [0, 0.05) is 12.4 Å². The maximum absolute atomic E-state index is 12.1. The maximum atomic E-state index is 12.1. The van der Waals surface area contributed by atoms with E-state index in [-0.39, 0.29) is 5.91 Å². The molecule has 2 aromatic heterocycles. The molecule has 0 spiro atoms. The predicted molar refractivity (Wildman–Crippen MR) is 76.2 cm³/mol. The minimum atomic E-state index is -0.0571. The molecule has 0 fully saturated rings. The summed E-state index contributed by atoms with van der Waals surface area (Å²) in [5, 5.41) is 4.28. The van der Waals surface area contributed by atoms with Crippen LogP contribution in [0.5, 0.6) is 0 Å². The summed E-state index contributed by atoms with van der Waals surface area (Å²) in [4.78, 5) is 16.4. The SMILES string of the molecule is O=C(Cc1ccccc1)n1ccc(-c2ccccn2)n1. The molecule has 1 aromatic carbocycles. The van der Waals surface area contributed by atoms with Crippen LogP contribution >= 0.6 is 0 Å². The van der Waals surface area contributed by atoms with E-state index in [9.17, 15) is 4.79 Å². The van der Waals surface area contributed by atoms with Crippen molar-refractivity contribution in [3.8, 4) is 11.4 Å². The number of benzene rings is 1. The molecule has 0 aliphatic carbocycles. The van der Waals surface area contributed by atoms with E-state index in [1.165, 1.54) is 4.68 Å². The molecule has 98 valence electrons. The van der Waals surface area contributed by atoms with Crippen LogP contribution in [0.1, 0.15) is 10.4 Å². The molecule has 0 aliphatic rings. The summed E-state index contributed by atoms with van der Waals surface area (Å²) in [6, 6.07) is 17.0. The van der Waals surface area contributed by atoms with Crippen molar-refractivity contribution in [3.05, 3.63) is 72.6 Å². The van der Waals surface area contributed by atoms with E-state index in [1.54, 1.807) is 18.5 Å². The molecule has 0 unspecified atom stereocenters. The Balaban J connectivity index is 1.79. The number of carbonyl (C=O) groups excluding carboxylic acids is 1. The molecule has 0 saturated heterocycles. The van der Waals surface area contributed by atoms with Crippen molar-refractivity contribution in [1.29, 1.82) is 0 Å². The van der Waals surface area contributed by atoms with E-state index >= 15 is 0 Å². The van der Waals surface area contributed by atoms with Crippen molar-refractivity contribution in [1.82, 2.24) is 14.8 Å². The lowest BCUT2D eigenvalue weighted by atomic mass is 10.1. The molecular formula is C16H13N3O. The fourth-order valence-corrected chi connectivity index (χ4v) is 1.97. The molecule has 4 heteroatoms. The first kappa shape index (κ1) is 12.3. The van der Waals surface area contributed by atoms with Crippen LogP contribution in [0.3, 0.4) is 0 Å². The van der Waals surface area contributed by atoms with Crippen LogP contribution in [0.4, 0.5) is 0 Å². The van der Waals surface area contributed by atoms with Gasteiger partial charge in [-0.3, -0.25) is 9.78 Å². The van der Waals surface area contributed by atoms with Crippen molar-refractivity contribution < 1.29 is 4.79 Å². The van der Waals surface area contributed by atoms with Crippen molar-refractivity contribution in [2.75, 3.05) is 0 Å². The first-order valence-electron chi connectivity index (χ1n) is 6.37. The van der Waals surface area contributed by atoms with Gasteiger partial charge in [-0.15, -0.1) is 0 Å². The molecule has 0 aliphatic heterocycles. The smallest absolute Gasteiger partial charge is 0.251 e. The Hall–Kier alpha value is -2.75. The summed E-state index contributed by atoms with van der Waals surface area (Å²) >= 11 is 0. The lowest BCUT2D eigenvalue weighted by Gasteiger charge is -2.00. The van der Waals surface area contributed by atoms with E-state index in [4.69, 9.17) is 0 Å². The summed E-state index contributed by atoms with van der Waals surface area (Å²) < 4.78 is 1.37. The summed E-state index contributed by atoms with van der Waals surface area (Å²) in [5.74, 6) is -0.0571. The van der Waals surface area contributed by atoms with Crippen molar-refractivity contribution in [2.24, 2.45) is 0 Å². The highest BCUT2D eigenvalue weighted by Crippen LogP contribution is 2.13. The van der Waals surface area contributed by atoms with Crippen LogP contribution in [-0.2, 0) is 6.42 Å². The molecule has 3 aromatic rings. The predicted octanol–water partition coefficient (Wildman–Crippen LogP) is 2.83. The van der Waals surface area contributed by atoms with Gasteiger partial charge in [0.2, 0.25) is 0 Å². The van der Waals surface area contributed by atoms with Crippen LogP contribution in [0.15, 0.2) is 67.0 Å². The van der Waals surface area contributed by atoms with Gasteiger partial charge < -0.3 is 0 Å². The molecule has 0 saturated carbocycles. The molecule has 2 heterocycles. The second-order valence-corrected chi connectivity index (χ2v) is 4.42. The number of nitrogens with zero attached hydrogens (tertiary/aromatic N) is 3. The highest BCUT2D eigenvalue weighted by atomic mass is 16.2. The monoisotopic (exact) mass is 263 g/mol. The van der Waals surface area contributed by atoms with Gasteiger partial charge in [-0.1, -0.05) is 36.4 Å². The summed E-state index contributed by atoms with van der Waals surface area (Å²) in [6.45, 7) is 0. The largest absolute Gasteiger partial charge is 0.272 e. The van der Waals surface area contributed by atoms with Crippen molar-refractivity contribution in [2.45, 2.75) is 6.42 Å². The van der Waals surface area contributed by atoms with Crippen LogP contribution in [0.25, 0.3) is 11.4 Å². The fraction of sp³-hybridized carbons (Fsp3) is 0.0625. The number of rotatable bonds is 3. The van der Waals surface area contributed by atoms with Gasteiger partial charge in [-0.2, -0.15) is 5.10 Å². The Morgan fingerprint density at radius 1 is 0.950 bits per heavy atom. The minimum absolute atomic E-state index is 0.0571. The molecule has 0 bridgehead atoms. The van der Waals surface area contributed by atoms with Gasteiger partial charge in [0.05, 0.1) is 12.1 Å². The number of hydrogen-bond acceptors (Lipinski definition) is 3. The number of carbonyl (C=O) groups is 1. The molecule has 0 atom stereocenters. The van der Waals surface area contributed by atoms with Crippen LogP contribution in [-0.4, -0.2) is 20.7 Å². The standard InChI is InChI=1S/C16H13N3O/c20-16(12-13-6-2-1-3-7-13)19-11-9-15(18-19)14-8-4-5-10-17-14/h1-11H,12H2. The molecule has 0 radical (unpaired) electrons. The zero-order valence-corrected chi connectivity index (χ0v) is 10.8. The number of aromatic nitrogens is 3. The van der Waals surface area contributed by atoms with E-state index in [2.05, 4.69) is 10.1 Å². The number of pyridine rings is 1. The Kier molecular flexibility index (Phi) is 3.37. The molecule has 4 nitrogen and oxygen atoms in total. The molecule has 3 rings (SSSR count). The Bertz CT molecular complexity index is 705. The van der Waals surface area contributed by atoms with E-state index in [0.29, 0.717) is 12.1 Å². The van der Waals surface area contributed by atoms with Crippen LogP contribution < -0.4 is 0 Å². The van der Waals surface area contributed by atoms with Gasteiger partial charge >= 0.3 is 0 Å². The van der Waals surface area contributed by atoms with Gasteiger partial charge in [0.25, 0.3) is 5.91 Å². The van der Waals surface area contributed by atoms with E-state index < -0.39 is 0 Å². The third-order valence-corrected chi connectivity index (χ3v) is 2.97. The van der Waals surface area contributed by atoms with Gasteiger partial charge in [0.15, 0.2) is 0 Å². The zero-order valence-electron chi connectivity index (χ0n) is 10.8. The number of hydrogen-bond donors (Lipinski definition) is 0. The maximum Gasteiger partial charge on any atom is 0.251 e. The summed E-state index contributed by atoms with van der Waals surface area (Å²) in [5.41, 5.74) is 2.44. The lowest BCUT2D eigenvalue weighted by molar-refractivity contribution is 0.0898. The van der Waals surface area contributed by atoms with Crippen LogP contribution in [0.2, 0.25) is 0 Å². The third-order valence-electron chi connectivity index (χ3n) is 2.97. The van der Waals surface area contributed by atoms with E-state index in [0.717, 1.165) is 11.3 Å². The molecule has 0 N–H and O–H groups in total. The lowest BCUT2D eigenvalue weighted by Crippen LogP contribution is -2.14. The van der Waals surface area contributed by atoms with Gasteiger partial charge in [-0.05, 0) is 23.8 Å². The Morgan fingerprint density at radius 3 is 2.50 bits per heavy atom. The topological polar surface area (TPSA) is 47.8 Å². The van der Waals surface area contributed by atoms with E-state index in [1.807, 2.05) is 48.5 Å². The van der Waals surface area contributed by atoms with Crippen LogP contribution in [0, 0.1) is 0 Å². The summed E-state index contributed by atoms with van der Waals surface area (Å²) in [7, 11) is 0. The molecule has 0 amide bonds. The second kappa shape index (κ2) is 5.48. The third kappa shape index (κ3) is 2.64. The summed E-state index contributed by atoms with van der Waals surface area (Å²) in [6.07, 6.45) is 3.72. The highest BCUT2D eigenvalue weighted by molar-refractivity contribution is 5.80. The normalized spacial score (nSPS) is 10.4. The van der Waals surface area contributed by atoms with Crippen molar-refractivity contribution in [3.63, 3.8) is 0 Å². The highest BCUT2D eigenvalue weighted by Gasteiger charge is 2.09. The van der Waals surface area contributed by atoms with Crippen molar-refractivity contribution >= 4 is 5.91 Å². The zero-order chi connectivity index (χ0) is 13.8. The Morgan fingerprint density at radius 2 is 1.75 bits per heavy atom. The first-order valence-corrected chi connectivity index (χ1v) is 6.37. The van der Waals surface area contributed by atoms with Gasteiger partial charge in [0.1, 0.15) is 5.69 Å². The average Bonchev–Trinajstić information content (AvgIpc) is 2.99. The minimum Gasteiger partial charge on any atom is -0.272 e. The Labute approximate surface area is 116 Å². The fourth-order valence-electron chi connectivity index (χ4n) is 1.97. The second-order valence-electron chi connectivity index (χ2n) is 4.42.